The largest absolute Gasteiger partial charge is 0.346 e. The zero-order valence-corrected chi connectivity index (χ0v) is 16.1. The third-order valence-corrected chi connectivity index (χ3v) is 5.11. The fourth-order valence-electron chi connectivity index (χ4n) is 3.48. The first kappa shape index (κ1) is 18.2. The fraction of sp³-hybridized carbons (Fsp3) is 0.400. The second kappa shape index (κ2) is 7.46. The maximum atomic E-state index is 12.7. The Labute approximate surface area is 162 Å². The number of hydrogen-bond donors (Lipinski definition) is 1. The summed E-state index contributed by atoms with van der Waals surface area (Å²) in [5.41, 5.74) is 0.570. The number of carbonyl (C=O) groups excluding carboxylic acids is 1. The number of aryl methyl sites for hydroxylation is 1. The lowest BCUT2D eigenvalue weighted by Crippen LogP contribution is -2.37. The van der Waals surface area contributed by atoms with Gasteiger partial charge in [-0.3, -0.25) is 9.36 Å². The standard InChI is InChI=1S/C20H24N6O2/c1-3-25-18(15-7-5-4-6-8-15)23-26(20(25)28)13-16(27)22-17(14-9-10-14)19-21-11-12-24(19)2/h4-8,11-12,14,17H,3,9-10,13H2,1-2H3,(H,22,27). The molecule has 1 N–H and O–H groups in total. The van der Waals surface area contributed by atoms with Crippen molar-refractivity contribution in [3.63, 3.8) is 0 Å². The molecule has 8 heteroatoms. The Kier molecular flexibility index (Phi) is 4.85. The van der Waals surface area contributed by atoms with Gasteiger partial charge in [0.25, 0.3) is 0 Å². The number of imidazole rings is 1. The average Bonchev–Trinajstić information content (AvgIpc) is 3.39. The van der Waals surface area contributed by atoms with Gasteiger partial charge in [-0.1, -0.05) is 30.3 Å². The molecule has 8 nitrogen and oxygen atoms in total. The van der Waals surface area contributed by atoms with Crippen LogP contribution in [-0.4, -0.2) is 29.8 Å². The Balaban J connectivity index is 1.55. The zero-order chi connectivity index (χ0) is 19.7. The van der Waals surface area contributed by atoms with E-state index in [-0.39, 0.29) is 24.2 Å². The summed E-state index contributed by atoms with van der Waals surface area (Å²) in [5.74, 6) is 1.58. The van der Waals surface area contributed by atoms with Gasteiger partial charge in [0.15, 0.2) is 5.82 Å². The number of nitrogens with zero attached hydrogens (tertiary/aromatic N) is 5. The van der Waals surface area contributed by atoms with Gasteiger partial charge in [0.1, 0.15) is 12.4 Å². The lowest BCUT2D eigenvalue weighted by atomic mass is 10.1. The van der Waals surface area contributed by atoms with Crippen LogP contribution in [0.25, 0.3) is 11.4 Å². The number of carbonyl (C=O) groups is 1. The first-order chi connectivity index (χ1) is 13.6. The molecule has 3 aromatic rings. The van der Waals surface area contributed by atoms with Crippen molar-refractivity contribution in [1.29, 1.82) is 0 Å². The van der Waals surface area contributed by atoms with E-state index in [1.807, 2.05) is 55.1 Å². The minimum absolute atomic E-state index is 0.112. The molecule has 0 bridgehead atoms. The molecule has 1 fully saturated rings. The van der Waals surface area contributed by atoms with Crippen molar-refractivity contribution in [3.05, 3.63) is 59.0 Å². The SMILES string of the molecule is CCn1c(-c2ccccc2)nn(CC(=O)NC(c2nccn2C)C2CC2)c1=O. The van der Waals surface area contributed by atoms with Crippen LogP contribution in [0.15, 0.2) is 47.5 Å². The molecule has 2 heterocycles. The number of aromatic nitrogens is 5. The van der Waals surface area contributed by atoms with Gasteiger partial charge in [-0.25, -0.2) is 14.5 Å². The van der Waals surface area contributed by atoms with Crippen molar-refractivity contribution in [1.82, 2.24) is 29.2 Å². The van der Waals surface area contributed by atoms with Gasteiger partial charge in [0.05, 0.1) is 6.04 Å². The molecule has 0 saturated heterocycles. The topological polar surface area (TPSA) is 86.7 Å². The second-order valence-electron chi connectivity index (χ2n) is 7.15. The monoisotopic (exact) mass is 380 g/mol. The maximum Gasteiger partial charge on any atom is 0.346 e. The minimum atomic E-state index is -0.281. The van der Waals surface area contributed by atoms with Gasteiger partial charge in [-0.15, -0.1) is 5.10 Å². The van der Waals surface area contributed by atoms with Crippen LogP contribution in [0.1, 0.15) is 31.6 Å². The predicted molar refractivity (Wildman–Crippen MR) is 104 cm³/mol. The van der Waals surface area contributed by atoms with Crippen molar-refractivity contribution in [2.75, 3.05) is 0 Å². The van der Waals surface area contributed by atoms with E-state index < -0.39 is 0 Å². The minimum Gasteiger partial charge on any atom is -0.344 e. The van der Waals surface area contributed by atoms with Crippen molar-refractivity contribution < 1.29 is 4.79 Å². The van der Waals surface area contributed by atoms with Crippen molar-refractivity contribution in [2.45, 2.75) is 38.9 Å². The van der Waals surface area contributed by atoms with E-state index in [0.717, 1.165) is 24.2 Å². The van der Waals surface area contributed by atoms with Crippen molar-refractivity contribution >= 4 is 5.91 Å². The van der Waals surface area contributed by atoms with Crippen LogP contribution in [0, 0.1) is 5.92 Å². The van der Waals surface area contributed by atoms with Crippen LogP contribution in [0.3, 0.4) is 0 Å². The van der Waals surface area contributed by atoms with Crippen LogP contribution >= 0.6 is 0 Å². The zero-order valence-electron chi connectivity index (χ0n) is 16.1. The van der Waals surface area contributed by atoms with Crippen LogP contribution in [0.2, 0.25) is 0 Å². The highest BCUT2D eigenvalue weighted by atomic mass is 16.2. The Bertz CT molecular complexity index is 1030. The maximum absolute atomic E-state index is 12.7. The van der Waals surface area contributed by atoms with E-state index in [2.05, 4.69) is 15.4 Å². The van der Waals surface area contributed by atoms with Crippen molar-refractivity contribution in [2.24, 2.45) is 13.0 Å². The molecule has 1 aliphatic carbocycles. The molecule has 1 amide bonds. The van der Waals surface area contributed by atoms with Crippen LogP contribution < -0.4 is 11.0 Å². The quantitative estimate of drug-likeness (QED) is 0.676. The molecule has 146 valence electrons. The first-order valence-electron chi connectivity index (χ1n) is 9.58. The molecule has 1 aromatic carbocycles. The second-order valence-corrected chi connectivity index (χ2v) is 7.15. The number of benzene rings is 1. The van der Waals surface area contributed by atoms with E-state index >= 15 is 0 Å². The summed E-state index contributed by atoms with van der Waals surface area (Å²) in [7, 11) is 1.92. The van der Waals surface area contributed by atoms with Gasteiger partial charge in [-0.2, -0.15) is 0 Å². The molecule has 0 radical (unpaired) electrons. The molecule has 28 heavy (non-hydrogen) atoms. The normalized spacial score (nSPS) is 14.8. The third-order valence-electron chi connectivity index (χ3n) is 5.11. The number of nitrogens with one attached hydrogen (secondary N) is 1. The molecular formula is C20H24N6O2. The van der Waals surface area contributed by atoms with Gasteiger partial charge in [-0.05, 0) is 25.7 Å². The van der Waals surface area contributed by atoms with Gasteiger partial charge >= 0.3 is 5.69 Å². The van der Waals surface area contributed by atoms with E-state index in [0.29, 0.717) is 18.3 Å². The van der Waals surface area contributed by atoms with Gasteiger partial charge < -0.3 is 9.88 Å². The summed E-state index contributed by atoms with van der Waals surface area (Å²) in [6, 6.07) is 9.39. The third kappa shape index (κ3) is 3.49. The predicted octanol–water partition coefficient (Wildman–Crippen LogP) is 1.73. The summed E-state index contributed by atoms with van der Waals surface area (Å²) in [6.07, 6.45) is 5.74. The van der Waals surface area contributed by atoms with Crippen molar-refractivity contribution in [3.8, 4) is 11.4 Å². The highest BCUT2D eigenvalue weighted by Gasteiger charge is 2.35. The van der Waals surface area contributed by atoms with Gasteiger partial charge in [0, 0.05) is 31.5 Å². The van der Waals surface area contributed by atoms with E-state index in [1.54, 1.807) is 10.8 Å². The van der Waals surface area contributed by atoms with Crippen LogP contribution in [0.5, 0.6) is 0 Å². The highest BCUT2D eigenvalue weighted by Crippen LogP contribution is 2.40. The summed E-state index contributed by atoms with van der Waals surface area (Å²) < 4.78 is 4.75. The molecule has 1 atom stereocenters. The molecule has 0 aliphatic heterocycles. The fourth-order valence-corrected chi connectivity index (χ4v) is 3.48. The molecular weight excluding hydrogens is 356 g/mol. The average molecular weight is 380 g/mol. The molecule has 0 spiro atoms. The molecule has 4 rings (SSSR count). The Hall–Kier alpha value is -3.16. The molecule has 2 aromatic heterocycles. The number of rotatable bonds is 7. The molecule has 1 aliphatic rings. The van der Waals surface area contributed by atoms with E-state index in [9.17, 15) is 9.59 Å². The smallest absolute Gasteiger partial charge is 0.344 e. The Morgan fingerprint density at radius 2 is 2.04 bits per heavy atom. The Morgan fingerprint density at radius 1 is 1.29 bits per heavy atom. The lowest BCUT2D eigenvalue weighted by Gasteiger charge is -2.17. The molecule has 1 unspecified atom stereocenters. The summed E-state index contributed by atoms with van der Waals surface area (Å²) >= 11 is 0. The summed E-state index contributed by atoms with van der Waals surface area (Å²) in [6.45, 7) is 2.27. The highest BCUT2D eigenvalue weighted by molar-refractivity contribution is 5.76. The van der Waals surface area contributed by atoms with E-state index in [1.165, 1.54) is 4.68 Å². The summed E-state index contributed by atoms with van der Waals surface area (Å²) in [4.78, 5) is 29.8. The number of hydrogen-bond acceptors (Lipinski definition) is 4. The first-order valence-corrected chi connectivity index (χ1v) is 9.58. The molecule has 1 saturated carbocycles. The van der Waals surface area contributed by atoms with E-state index in [4.69, 9.17) is 0 Å². The van der Waals surface area contributed by atoms with Crippen LogP contribution in [-0.2, 0) is 24.9 Å². The Morgan fingerprint density at radius 3 is 2.64 bits per heavy atom. The lowest BCUT2D eigenvalue weighted by molar-refractivity contribution is -0.122. The number of amides is 1. The van der Waals surface area contributed by atoms with Crippen LogP contribution in [0.4, 0.5) is 0 Å². The summed E-state index contributed by atoms with van der Waals surface area (Å²) in [5, 5.41) is 7.48. The van der Waals surface area contributed by atoms with Gasteiger partial charge in [0.2, 0.25) is 5.91 Å².